The lowest BCUT2D eigenvalue weighted by Gasteiger charge is -2.21. The van der Waals surface area contributed by atoms with Gasteiger partial charge in [-0.2, -0.15) is 10.9 Å². The van der Waals surface area contributed by atoms with Crippen LogP contribution in [0.4, 0.5) is 0 Å². The zero-order valence-electron chi connectivity index (χ0n) is 15.8. The van der Waals surface area contributed by atoms with Gasteiger partial charge in [0.2, 0.25) is 0 Å². The summed E-state index contributed by atoms with van der Waals surface area (Å²) in [6.07, 6.45) is 0. The molecule has 0 aromatic heterocycles. The van der Waals surface area contributed by atoms with Crippen molar-refractivity contribution in [3.63, 3.8) is 0 Å². The summed E-state index contributed by atoms with van der Waals surface area (Å²) in [5.41, 5.74) is 2.68. The number of ether oxygens (including phenoxy) is 2. The molecule has 4 aromatic carbocycles. The normalized spacial score (nSPS) is 13.0. The third-order valence-corrected chi connectivity index (χ3v) is 8.28. The summed E-state index contributed by atoms with van der Waals surface area (Å²) in [6, 6.07) is 31.8. The standard InChI is InChI=1S/C25H19IO2S/c1-27-22-15-14-19(16-23(22)28-18-12-10-17(26)11-13-18)29-24-8-4-2-6-20(24)21-7-3-5-9-25(21)29/h2-16,29H,1H3. The highest BCUT2D eigenvalue weighted by Gasteiger charge is 2.27. The van der Waals surface area contributed by atoms with Crippen LogP contribution in [0.2, 0.25) is 0 Å². The predicted molar refractivity (Wildman–Crippen MR) is 128 cm³/mol. The van der Waals surface area contributed by atoms with Gasteiger partial charge in [-0.15, -0.1) is 0 Å². The Morgan fingerprint density at radius 1 is 0.690 bits per heavy atom. The summed E-state index contributed by atoms with van der Waals surface area (Å²) in [4.78, 5) is 4.06. The van der Waals surface area contributed by atoms with Crippen molar-refractivity contribution in [3.8, 4) is 28.4 Å². The molecule has 0 radical (unpaired) electrons. The van der Waals surface area contributed by atoms with Crippen molar-refractivity contribution in [2.45, 2.75) is 14.7 Å². The van der Waals surface area contributed by atoms with Crippen molar-refractivity contribution < 1.29 is 9.47 Å². The third kappa shape index (κ3) is 3.40. The fourth-order valence-corrected chi connectivity index (χ4v) is 6.70. The SMILES string of the molecule is COc1ccc([SH]2c3ccccc3-c3ccccc32)cc1Oc1ccc(I)cc1. The van der Waals surface area contributed by atoms with Crippen LogP contribution >= 0.6 is 33.5 Å². The van der Waals surface area contributed by atoms with Crippen molar-refractivity contribution in [1.82, 2.24) is 0 Å². The number of thiol groups is 1. The van der Waals surface area contributed by atoms with Crippen molar-refractivity contribution in [2.24, 2.45) is 0 Å². The molecule has 0 bridgehead atoms. The minimum Gasteiger partial charge on any atom is -0.493 e. The van der Waals surface area contributed by atoms with E-state index in [1.54, 1.807) is 7.11 Å². The first-order valence-electron chi connectivity index (χ1n) is 9.34. The second kappa shape index (κ2) is 7.76. The van der Waals surface area contributed by atoms with Crippen molar-refractivity contribution in [3.05, 3.63) is 94.6 Å². The van der Waals surface area contributed by atoms with Crippen LogP contribution in [0.3, 0.4) is 0 Å². The Hall–Kier alpha value is -2.44. The fraction of sp³-hybridized carbons (Fsp3) is 0.0400. The number of halogens is 1. The van der Waals surface area contributed by atoms with Gasteiger partial charge in [-0.05, 0) is 93.2 Å². The first-order chi connectivity index (χ1) is 14.2. The third-order valence-electron chi connectivity index (χ3n) is 5.03. The average Bonchev–Trinajstić information content (AvgIpc) is 3.10. The first-order valence-corrected chi connectivity index (χ1v) is 11.8. The summed E-state index contributed by atoms with van der Waals surface area (Å²) >= 11 is 2.30. The lowest BCUT2D eigenvalue weighted by molar-refractivity contribution is 0.378. The molecule has 4 aromatic rings. The monoisotopic (exact) mass is 510 g/mol. The van der Waals surface area contributed by atoms with Gasteiger partial charge in [0.1, 0.15) is 5.75 Å². The maximum atomic E-state index is 6.21. The maximum Gasteiger partial charge on any atom is 0.170 e. The Morgan fingerprint density at radius 2 is 1.31 bits per heavy atom. The van der Waals surface area contributed by atoms with E-state index >= 15 is 0 Å². The molecule has 0 atom stereocenters. The molecular weight excluding hydrogens is 491 g/mol. The Bertz CT molecular complexity index is 1140. The summed E-state index contributed by atoms with van der Waals surface area (Å²) in [7, 11) is 1.06. The van der Waals surface area contributed by atoms with Gasteiger partial charge in [-0.1, -0.05) is 36.4 Å². The number of rotatable bonds is 4. The van der Waals surface area contributed by atoms with Crippen molar-refractivity contribution >= 4 is 33.5 Å². The van der Waals surface area contributed by atoms with E-state index in [0.717, 1.165) is 17.2 Å². The largest absolute Gasteiger partial charge is 0.493 e. The minimum atomic E-state index is -0.622. The molecule has 0 N–H and O–H groups in total. The van der Waals surface area contributed by atoms with E-state index in [1.807, 2.05) is 30.3 Å². The molecule has 1 aliphatic rings. The Balaban J connectivity index is 1.61. The maximum absolute atomic E-state index is 6.21. The van der Waals surface area contributed by atoms with Crippen LogP contribution in [0.25, 0.3) is 11.1 Å². The van der Waals surface area contributed by atoms with Crippen molar-refractivity contribution in [1.29, 1.82) is 0 Å². The molecule has 0 unspecified atom stereocenters. The molecule has 0 spiro atoms. The zero-order valence-corrected chi connectivity index (χ0v) is 18.9. The van der Waals surface area contributed by atoms with Gasteiger partial charge in [-0.25, -0.2) is 0 Å². The van der Waals surface area contributed by atoms with Crippen LogP contribution in [-0.4, -0.2) is 7.11 Å². The minimum absolute atomic E-state index is 0.622. The molecule has 0 saturated heterocycles. The van der Waals surface area contributed by atoms with Crippen LogP contribution in [-0.2, 0) is 0 Å². The summed E-state index contributed by atoms with van der Waals surface area (Å²) < 4.78 is 13.0. The quantitative estimate of drug-likeness (QED) is 0.199. The summed E-state index contributed by atoms with van der Waals surface area (Å²) in [6.45, 7) is 0. The molecule has 5 rings (SSSR count). The molecule has 0 saturated carbocycles. The van der Waals surface area contributed by atoms with Gasteiger partial charge in [0.15, 0.2) is 11.5 Å². The molecule has 0 amide bonds. The van der Waals surface area contributed by atoms with E-state index in [9.17, 15) is 0 Å². The van der Waals surface area contributed by atoms with Gasteiger partial charge in [-0.3, -0.25) is 0 Å². The molecule has 1 aliphatic heterocycles. The second-order valence-corrected chi connectivity index (χ2v) is 10.2. The second-order valence-electron chi connectivity index (χ2n) is 6.76. The molecule has 1 heterocycles. The van der Waals surface area contributed by atoms with E-state index < -0.39 is 10.9 Å². The number of fused-ring (bicyclic) bond motifs is 3. The Labute approximate surface area is 187 Å². The van der Waals surface area contributed by atoms with E-state index in [-0.39, 0.29) is 0 Å². The molecule has 29 heavy (non-hydrogen) atoms. The van der Waals surface area contributed by atoms with Crippen LogP contribution < -0.4 is 9.47 Å². The summed E-state index contributed by atoms with van der Waals surface area (Å²) in [5.74, 6) is 2.29. The van der Waals surface area contributed by atoms with Gasteiger partial charge in [0, 0.05) is 13.4 Å². The zero-order chi connectivity index (χ0) is 19.8. The van der Waals surface area contributed by atoms with Gasteiger partial charge in [0.05, 0.1) is 7.11 Å². The lowest BCUT2D eigenvalue weighted by atomic mass is 10.1. The Kier molecular flexibility index (Phi) is 4.97. The average molecular weight is 510 g/mol. The van der Waals surface area contributed by atoms with Gasteiger partial charge >= 0.3 is 0 Å². The first kappa shape index (κ1) is 18.6. The highest BCUT2D eigenvalue weighted by Crippen LogP contribution is 2.62. The molecule has 0 fully saturated rings. The van der Waals surface area contributed by atoms with E-state index in [4.69, 9.17) is 9.47 Å². The molecule has 0 aliphatic carbocycles. The number of benzene rings is 4. The number of methoxy groups -OCH3 is 1. The van der Waals surface area contributed by atoms with Gasteiger partial charge < -0.3 is 9.47 Å². The van der Waals surface area contributed by atoms with Gasteiger partial charge in [0.25, 0.3) is 0 Å². The van der Waals surface area contributed by atoms with Crippen LogP contribution in [0.5, 0.6) is 17.2 Å². The van der Waals surface area contributed by atoms with Crippen LogP contribution in [0.15, 0.2) is 106 Å². The molecule has 4 heteroatoms. The molecular formula is C25H19IO2S. The number of hydrogen-bond acceptors (Lipinski definition) is 2. The highest BCUT2D eigenvalue weighted by molar-refractivity contribution is 14.1. The van der Waals surface area contributed by atoms with Crippen LogP contribution in [0, 0.1) is 3.57 Å². The smallest absolute Gasteiger partial charge is 0.170 e. The van der Waals surface area contributed by atoms with Crippen LogP contribution in [0.1, 0.15) is 0 Å². The van der Waals surface area contributed by atoms with E-state index in [2.05, 4.69) is 83.3 Å². The summed E-state index contributed by atoms with van der Waals surface area (Å²) in [5, 5.41) is 0. The Morgan fingerprint density at radius 3 is 1.93 bits per heavy atom. The highest BCUT2D eigenvalue weighted by atomic mass is 127. The molecule has 2 nitrogen and oxygen atoms in total. The number of hydrogen-bond donors (Lipinski definition) is 1. The molecule has 144 valence electrons. The lowest BCUT2D eigenvalue weighted by Crippen LogP contribution is -1.92. The van der Waals surface area contributed by atoms with E-state index in [1.165, 1.54) is 29.4 Å². The van der Waals surface area contributed by atoms with Crippen molar-refractivity contribution in [2.75, 3.05) is 7.11 Å². The topological polar surface area (TPSA) is 18.5 Å². The predicted octanol–water partition coefficient (Wildman–Crippen LogP) is 7.55. The van der Waals surface area contributed by atoms with E-state index in [0.29, 0.717) is 0 Å². The fourth-order valence-electron chi connectivity index (χ4n) is 3.71.